The van der Waals surface area contributed by atoms with Crippen LogP contribution in [0.15, 0.2) is 60.7 Å². The maximum atomic E-state index is 14.0. The molecule has 1 saturated heterocycles. The lowest BCUT2D eigenvalue weighted by Gasteiger charge is -2.30. The fraction of sp³-hybridized carbons (Fsp3) is 0.489. The van der Waals surface area contributed by atoms with E-state index in [1.54, 1.807) is 6.07 Å². The van der Waals surface area contributed by atoms with Gasteiger partial charge in [-0.05, 0) is 131 Å². The third-order valence-electron chi connectivity index (χ3n) is 11.5. The van der Waals surface area contributed by atoms with Gasteiger partial charge in [0, 0.05) is 55.7 Å². The van der Waals surface area contributed by atoms with Gasteiger partial charge < -0.3 is 41.0 Å². The number of likely N-dealkylation sites (tertiary alicyclic amines) is 1. The highest BCUT2D eigenvalue weighted by Gasteiger charge is 2.31. The monoisotopic (exact) mass is 835 g/mol. The van der Waals surface area contributed by atoms with Crippen molar-refractivity contribution < 1.29 is 33.8 Å². The van der Waals surface area contributed by atoms with Gasteiger partial charge in [0.2, 0.25) is 11.8 Å². The van der Waals surface area contributed by atoms with Gasteiger partial charge in [0.15, 0.2) is 0 Å². The van der Waals surface area contributed by atoms with E-state index in [1.807, 2.05) is 82.3 Å². The summed E-state index contributed by atoms with van der Waals surface area (Å²) in [4.78, 5) is 73.8. The number of fused-ring (bicyclic) bond motifs is 1. The van der Waals surface area contributed by atoms with Crippen molar-refractivity contribution >= 4 is 46.6 Å². The van der Waals surface area contributed by atoms with Crippen LogP contribution >= 0.6 is 0 Å². The Morgan fingerprint density at radius 1 is 0.902 bits per heavy atom. The number of H-pyrrole nitrogens is 1. The van der Waals surface area contributed by atoms with Gasteiger partial charge >= 0.3 is 12.2 Å². The molecule has 3 aromatic carbocycles. The number of hydrogen-bond acceptors (Lipinski definition) is 7. The van der Waals surface area contributed by atoms with Crippen LogP contribution in [-0.2, 0) is 27.2 Å². The van der Waals surface area contributed by atoms with E-state index in [2.05, 4.69) is 45.1 Å². The van der Waals surface area contributed by atoms with Gasteiger partial charge in [-0.2, -0.15) is 0 Å². The molecule has 0 bridgehead atoms. The van der Waals surface area contributed by atoms with Crippen LogP contribution < -0.4 is 21.3 Å². The van der Waals surface area contributed by atoms with E-state index in [9.17, 15) is 29.1 Å². The van der Waals surface area contributed by atoms with E-state index in [0.717, 1.165) is 58.4 Å². The highest BCUT2D eigenvalue weighted by molar-refractivity contribution is 5.99. The van der Waals surface area contributed by atoms with Crippen LogP contribution in [0.1, 0.15) is 100 Å². The number of alkyl carbamates (subject to hydrolysis) is 1. The first-order valence-corrected chi connectivity index (χ1v) is 21.5. The maximum Gasteiger partial charge on any atom is 0.407 e. The minimum Gasteiger partial charge on any atom is -0.465 e. The summed E-state index contributed by atoms with van der Waals surface area (Å²) in [5.41, 5.74) is 5.90. The van der Waals surface area contributed by atoms with Crippen LogP contribution in [0.3, 0.4) is 0 Å². The zero-order valence-corrected chi connectivity index (χ0v) is 36.2. The second-order valence-corrected chi connectivity index (χ2v) is 18.1. The predicted molar refractivity (Wildman–Crippen MR) is 235 cm³/mol. The lowest BCUT2D eigenvalue weighted by atomic mass is 9.81. The van der Waals surface area contributed by atoms with E-state index >= 15 is 0 Å². The molecule has 6 N–H and O–H groups in total. The molecule has 14 heteroatoms. The molecule has 2 heterocycles. The predicted octanol–water partition coefficient (Wildman–Crippen LogP) is 7.61. The van der Waals surface area contributed by atoms with Gasteiger partial charge in [-0.25, -0.2) is 14.6 Å². The number of ether oxygens (including phenoxy) is 1. The SMILES string of the molecule is Cc1cc(C(=O)NC2CCN(C(=O)O)CC2)ccc1-c1ccc(C[C@H](NC(=O)C2CCC(CNC(=O)OC(C)(C)C)CC2)C(=O)Nc2ccc3nc(CC(C)C)[nH]c3c2)cc1. The molecule has 0 radical (unpaired) electrons. The molecule has 1 saturated carbocycles. The number of aryl methyl sites for hydroxylation is 1. The molecule has 0 spiro atoms. The van der Waals surface area contributed by atoms with Crippen molar-refractivity contribution in [3.05, 3.63) is 83.2 Å². The van der Waals surface area contributed by atoms with E-state index in [4.69, 9.17) is 4.74 Å². The number of hydrogen-bond donors (Lipinski definition) is 6. The summed E-state index contributed by atoms with van der Waals surface area (Å²) in [7, 11) is 0. The molecule has 326 valence electrons. The van der Waals surface area contributed by atoms with Crippen LogP contribution in [0.5, 0.6) is 0 Å². The molecule has 6 rings (SSSR count). The minimum atomic E-state index is -0.936. The standard InChI is InChI=1S/C47H61N7O7/c1-28(2)23-41-51-38-18-16-36(26-39(38)52-41)50-44(57)40(53-42(55)33-13-9-31(10-14-33)27-48-45(58)61-47(4,5)6)25-30-7-11-32(12-8-30)37-17-15-34(24-29(37)3)43(56)49-35-19-21-54(22-20-35)46(59)60/h7-8,11-12,15-18,24,26,28,31,33,35,40H,9-10,13-14,19-23,25,27H2,1-6H3,(H,48,58)(H,49,56)(H,50,57)(H,51,52)(H,53,55)(H,59,60)/t31?,33?,40-/m0/s1. The molecule has 2 aliphatic rings. The number of piperidine rings is 1. The molecular weight excluding hydrogens is 775 g/mol. The summed E-state index contributed by atoms with van der Waals surface area (Å²) in [6, 6.07) is 18.1. The number of rotatable bonds is 13. The van der Waals surface area contributed by atoms with Gasteiger partial charge in [-0.1, -0.05) is 44.2 Å². The van der Waals surface area contributed by atoms with E-state index in [1.165, 1.54) is 4.90 Å². The first-order chi connectivity index (χ1) is 29.0. The van der Waals surface area contributed by atoms with Gasteiger partial charge in [0.1, 0.15) is 17.5 Å². The quantitative estimate of drug-likeness (QED) is 0.0792. The number of nitrogens with one attached hydrogen (secondary N) is 5. The first kappa shape index (κ1) is 44.6. The van der Waals surface area contributed by atoms with Crippen LogP contribution in [0, 0.1) is 24.7 Å². The number of anilines is 1. The Kier molecular flexibility index (Phi) is 14.4. The van der Waals surface area contributed by atoms with Crippen LogP contribution in [0.25, 0.3) is 22.2 Å². The number of aromatic amines is 1. The molecule has 0 unspecified atom stereocenters. The molecule has 1 aliphatic carbocycles. The third kappa shape index (κ3) is 12.6. The van der Waals surface area contributed by atoms with Gasteiger partial charge in [-0.15, -0.1) is 0 Å². The van der Waals surface area contributed by atoms with E-state index in [-0.39, 0.29) is 42.0 Å². The van der Waals surface area contributed by atoms with Crippen LogP contribution in [0.2, 0.25) is 0 Å². The lowest BCUT2D eigenvalue weighted by Crippen LogP contribution is -2.48. The number of benzene rings is 3. The van der Waals surface area contributed by atoms with Gasteiger partial charge in [0.05, 0.1) is 11.0 Å². The second-order valence-electron chi connectivity index (χ2n) is 18.1. The highest BCUT2D eigenvalue weighted by atomic mass is 16.6. The number of aromatic nitrogens is 2. The second kappa shape index (κ2) is 19.6. The zero-order valence-electron chi connectivity index (χ0n) is 36.2. The molecule has 1 atom stereocenters. The molecule has 14 nitrogen and oxygen atoms in total. The average Bonchev–Trinajstić information content (AvgIpc) is 3.60. The summed E-state index contributed by atoms with van der Waals surface area (Å²) in [5.74, 6) is 0.632. The van der Waals surface area contributed by atoms with Gasteiger partial charge in [-0.3, -0.25) is 14.4 Å². The van der Waals surface area contributed by atoms with Crippen LogP contribution in [0.4, 0.5) is 15.3 Å². The number of amides is 5. The third-order valence-corrected chi connectivity index (χ3v) is 11.5. The van der Waals surface area contributed by atoms with Crippen LogP contribution in [-0.4, -0.2) is 87.2 Å². The molecule has 4 aromatic rings. The molecular formula is C47H61N7O7. The average molecular weight is 836 g/mol. The fourth-order valence-corrected chi connectivity index (χ4v) is 8.19. The molecule has 61 heavy (non-hydrogen) atoms. The number of carbonyl (C=O) groups is 5. The van der Waals surface area contributed by atoms with Crippen molar-refractivity contribution in [2.75, 3.05) is 25.0 Å². The Bertz CT molecular complexity index is 2190. The van der Waals surface area contributed by atoms with Crippen molar-refractivity contribution in [3.8, 4) is 11.1 Å². The first-order valence-electron chi connectivity index (χ1n) is 21.5. The Hall–Kier alpha value is -5.92. The van der Waals surface area contributed by atoms with Crippen molar-refractivity contribution in [2.24, 2.45) is 17.8 Å². The van der Waals surface area contributed by atoms with Crippen molar-refractivity contribution in [2.45, 2.75) is 111 Å². The lowest BCUT2D eigenvalue weighted by molar-refractivity contribution is -0.130. The molecule has 2 fully saturated rings. The summed E-state index contributed by atoms with van der Waals surface area (Å²) in [6.45, 7) is 13.0. The molecule has 1 aromatic heterocycles. The molecule has 5 amide bonds. The minimum absolute atomic E-state index is 0.0797. The van der Waals surface area contributed by atoms with E-state index in [0.29, 0.717) is 62.5 Å². The fourth-order valence-electron chi connectivity index (χ4n) is 8.19. The van der Waals surface area contributed by atoms with E-state index < -0.39 is 23.8 Å². The summed E-state index contributed by atoms with van der Waals surface area (Å²) < 4.78 is 5.37. The van der Waals surface area contributed by atoms with Crippen molar-refractivity contribution in [1.29, 1.82) is 0 Å². The van der Waals surface area contributed by atoms with Crippen molar-refractivity contribution in [3.63, 3.8) is 0 Å². The summed E-state index contributed by atoms with van der Waals surface area (Å²) in [5, 5.41) is 21.3. The Labute approximate surface area is 358 Å². The highest BCUT2D eigenvalue weighted by Crippen LogP contribution is 2.30. The Morgan fingerprint density at radius 2 is 1.61 bits per heavy atom. The van der Waals surface area contributed by atoms with Crippen molar-refractivity contribution in [1.82, 2.24) is 30.8 Å². The van der Waals surface area contributed by atoms with Gasteiger partial charge in [0.25, 0.3) is 5.91 Å². The number of nitrogens with zero attached hydrogens (tertiary/aromatic N) is 2. The normalized spacial score (nSPS) is 17.7. The topological polar surface area (TPSA) is 195 Å². The molecule has 1 aliphatic heterocycles. The smallest absolute Gasteiger partial charge is 0.407 e. The number of carbonyl (C=O) groups excluding carboxylic acids is 4. The largest absolute Gasteiger partial charge is 0.465 e. The number of carboxylic acid groups (broad SMARTS) is 1. The Balaban J connectivity index is 1.11. The Morgan fingerprint density at radius 3 is 2.25 bits per heavy atom. The zero-order chi connectivity index (χ0) is 43.8. The number of imidazole rings is 1. The summed E-state index contributed by atoms with van der Waals surface area (Å²) >= 11 is 0. The maximum absolute atomic E-state index is 14.0. The summed E-state index contributed by atoms with van der Waals surface area (Å²) in [6.07, 6.45) is 3.69.